The second-order valence-electron chi connectivity index (χ2n) is 4.74. The van der Waals surface area contributed by atoms with Gasteiger partial charge in [0.05, 0.1) is 11.7 Å². The smallest absolute Gasteiger partial charge is 0.262 e. The normalized spacial score (nSPS) is 12.2. The summed E-state index contributed by atoms with van der Waals surface area (Å²) in [6.07, 6.45) is 1.58. The van der Waals surface area contributed by atoms with E-state index in [1.54, 1.807) is 10.9 Å². The van der Waals surface area contributed by atoms with Crippen LogP contribution in [0.5, 0.6) is 0 Å². The molecule has 2 rings (SSSR count). The molecule has 0 aliphatic heterocycles. The summed E-state index contributed by atoms with van der Waals surface area (Å²) in [5.41, 5.74) is 5.48. The molecule has 0 bridgehead atoms. The third-order valence-electron chi connectivity index (χ3n) is 2.22. The average Bonchev–Trinajstić information content (AvgIpc) is 2.50. The zero-order valence-corrected chi connectivity index (χ0v) is 10.5. The van der Waals surface area contributed by atoms with E-state index in [9.17, 15) is 4.79 Å². The van der Waals surface area contributed by atoms with Crippen LogP contribution in [0.4, 0.5) is 0 Å². The first-order chi connectivity index (χ1) is 7.37. The van der Waals surface area contributed by atoms with Gasteiger partial charge in [-0.3, -0.25) is 9.36 Å². The van der Waals surface area contributed by atoms with Crippen LogP contribution in [-0.4, -0.2) is 15.1 Å². The summed E-state index contributed by atoms with van der Waals surface area (Å²) in [7, 11) is 0. The molecule has 0 fully saturated rings. The van der Waals surface area contributed by atoms with Crippen molar-refractivity contribution in [2.24, 2.45) is 5.73 Å². The Bertz CT molecular complexity index is 577. The Kier molecular flexibility index (Phi) is 2.59. The Morgan fingerprint density at radius 1 is 1.56 bits per heavy atom. The Morgan fingerprint density at radius 3 is 2.88 bits per heavy atom. The number of rotatable bonds is 2. The molecular formula is C11H15N3OS. The van der Waals surface area contributed by atoms with E-state index in [1.807, 2.05) is 26.8 Å². The van der Waals surface area contributed by atoms with Gasteiger partial charge in [0.25, 0.3) is 5.56 Å². The molecule has 16 heavy (non-hydrogen) atoms. The van der Waals surface area contributed by atoms with Crippen molar-refractivity contribution in [2.45, 2.75) is 32.9 Å². The second-order valence-corrected chi connectivity index (χ2v) is 5.98. The van der Waals surface area contributed by atoms with Crippen molar-refractivity contribution < 1.29 is 0 Å². The van der Waals surface area contributed by atoms with Gasteiger partial charge in [0.15, 0.2) is 0 Å². The number of hydrogen-bond donors (Lipinski definition) is 1. The van der Waals surface area contributed by atoms with Gasteiger partial charge < -0.3 is 5.73 Å². The quantitative estimate of drug-likeness (QED) is 0.861. The standard InChI is InChI=1S/C11H15N3OS/c1-7-4-8-9(16-7)13-6-14(10(8)15)5-11(2,3)12/h4,6H,5,12H2,1-3H3. The van der Waals surface area contributed by atoms with Crippen LogP contribution in [-0.2, 0) is 6.54 Å². The molecule has 2 aromatic rings. The fourth-order valence-electron chi connectivity index (χ4n) is 1.63. The van der Waals surface area contributed by atoms with Crippen LogP contribution in [0, 0.1) is 6.92 Å². The lowest BCUT2D eigenvalue weighted by atomic mass is 10.1. The molecule has 0 aromatic carbocycles. The number of fused-ring (bicyclic) bond motifs is 1. The monoisotopic (exact) mass is 237 g/mol. The SMILES string of the molecule is Cc1cc2c(=O)n(CC(C)(C)N)cnc2s1. The fraction of sp³-hybridized carbons (Fsp3) is 0.455. The van der Waals surface area contributed by atoms with Gasteiger partial charge in [0.2, 0.25) is 0 Å². The highest BCUT2D eigenvalue weighted by Crippen LogP contribution is 2.19. The first-order valence-corrected chi connectivity index (χ1v) is 5.93. The molecular weight excluding hydrogens is 222 g/mol. The summed E-state index contributed by atoms with van der Waals surface area (Å²) in [5.74, 6) is 0. The molecule has 0 spiro atoms. The fourth-order valence-corrected chi connectivity index (χ4v) is 2.47. The van der Waals surface area contributed by atoms with E-state index in [1.165, 1.54) is 11.3 Å². The zero-order chi connectivity index (χ0) is 11.9. The number of aromatic nitrogens is 2. The summed E-state index contributed by atoms with van der Waals surface area (Å²) in [6.45, 7) is 6.23. The summed E-state index contributed by atoms with van der Waals surface area (Å²) in [6, 6.07) is 1.88. The molecule has 86 valence electrons. The number of thiophene rings is 1. The summed E-state index contributed by atoms with van der Waals surface area (Å²) < 4.78 is 1.58. The first-order valence-electron chi connectivity index (χ1n) is 5.11. The van der Waals surface area contributed by atoms with Gasteiger partial charge in [-0.05, 0) is 26.8 Å². The summed E-state index contributed by atoms with van der Waals surface area (Å²) in [5, 5.41) is 0.689. The maximum atomic E-state index is 12.1. The van der Waals surface area contributed by atoms with Crippen molar-refractivity contribution in [1.82, 2.24) is 9.55 Å². The van der Waals surface area contributed by atoms with Crippen molar-refractivity contribution in [3.8, 4) is 0 Å². The van der Waals surface area contributed by atoms with E-state index in [0.29, 0.717) is 11.9 Å². The van der Waals surface area contributed by atoms with Gasteiger partial charge in [-0.25, -0.2) is 4.98 Å². The minimum absolute atomic E-state index is 0.00660. The molecule has 0 radical (unpaired) electrons. The molecule has 0 atom stereocenters. The summed E-state index contributed by atoms with van der Waals surface area (Å²) >= 11 is 1.54. The van der Waals surface area contributed by atoms with Gasteiger partial charge in [-0.15, -0.1) is 11.3 Å². The highest BCUT2D eigenvalue weighted by atomic mass is 32.1. The van der Waals surface area contributed by atoms with Crippen LogP contribution >= 0.6 is 11.3 Å². The minimum atomic E-state index is -0.412. The highest BCUT2D eigenvalue weighted by molar-refractivity contribution is 7.18. The molecule has 0 aliphatic rings. The molecule has 5 heteroatoms. The van der Waals surface area contributed by atoms with Crippen molar-refractivity contribution in [1.29, 1.82) is 0 Å². The molecule has 2 heterocycles. The van der Waals surface area contributed by atoms with Crippen LogP contribution in [0.15, 0.2) is 17.2 Å². The van der Waals surface area contributed by atoms with E-state index >= 15 is 0 Å². The van der Waals surface area contributed by atoms with Gasteiger partial charge in [-0.1, -0.05) is 0 Å². The van der Waals surface area contributed by atoms with Gasteiger partial charge in [0, 0.05) is 17.0 Å². The van der Waals surface area contributed by atoms with E-state index in [-0.39, 0.29) is 5.56 Å². The van der Waals surface area contributed by atoms with Crippen LogP contribution in [0.3, 0.4) is 0 Å². The molecule has 0 saturated heterocycles. The second kappa shape index (κ2) is 3.68. The molecule has 0 saturated carbocycles. The van der Waals surface area contributed by atoms with E-state index in [0.717, 1.165) is 9.71 Å². The van der Waals surface area contributed by atoms with Crippen molar-refractivity contribution in [3.05, 3.63) is 27.6 Å². The van der Waals surface area contributed by atoms with Crippen LogP contribution < -0.4 is 11.3 Å². The lowest BCUT2D eigenvalue weighted by Gasteiger charge is -2.19. The molecule has 2 aromatic heterocycles. The predicted octanol–water partition coefficient (Wildman–Crippen LogP) is 1.50. The summed E-state index contributed by atoms with van der Waals surface area (Å²) in [4.78, 5) is 18.3. The highest BCUT2D eigenvalue weighted by Gasteiger charge is 2.14. The Hall–Kier alpha value is -1.20. The topological polar surface area (TPSA) is 60.9 Å². The van der Waals surface area contributed by atoms with E-state index in [2.05, 4.69) is 4.98 Å². The van der Waals surface area contributed by atoms with Crippen LogP contribution in [0.25, 0.3) is 10.2 Å². The minimum Gasteiger partial charge on any atom is -0.324 e. The van der Waals surface area contributed by atoms with Crippen molar-refractivity contribution >= 4 is 21.6 Å². The first kappa shape index (κ1) is 11.3. The Morgan fingerprint density at radius 2 is 2.25 bits per heavy atom. The number of nitrogens with two attached hydrogens (primary N) is 1. The lowest BCUT2D eigenvalue weighted by Crippen LogP contribution is -2.40. The maximum absolute atomic E-state index is 12.1. The van der Waals surface area contributed by atoms with Gasteiger partial charge in [0.1, 0.15) is 4.83 Å². The Balaban J connectivity index is 2.56. The van der Waals surface area contributed by atoms with Crippen molar-refractivity contribution in [3.63, 3.8) is 0 Å². The Labute approximate surface area is 97.7 Å². The van der Waals surface area contributed by atoms with Crippen molar-refractivity contribution in [2.75, 3.05) is 0 Å². The van der Waals surface area contributed by atoms with E-state index < -0.39 is 5.54 Å². The van der Waals surface area contributed by atoms with Crippen LogP contribution in [0.1, 0.15) is 18.7 Å². The molecule has 0 aliphatic carbocycles. The number of hydrogen-bond acceptors (Lipinski definition) is 4. The zero-order valence-electron chi connectivity index (χ0n) is 9.65. The molecule has 0 unspecified atom stereocenters. The number of nitrogens with zero attached hydrogens (tertiary/aromatic N) is 2. The largest absolute Gasteiger partial charge is 0.324 e. The third kappa shape index (κ3) is 2.15. The van der Waals surface area contributed by atoms with Crippen LogP contribution in [0.2, 0.25) is 0 Å². The maximum Gasteiger partial charge on any atom is 0.262 e. The van der Waals surface area contributed by atoms with E-state index in [4.69, 9.17) is 5.73 Å². The molecule has 0 amide bonds. The molecule has 4 nitrogen and oxygen atoms in total. The van der Waals surface area contributed by atoms with Gasteiger partial charge >= 0.3 is 0 Å². The average molecular weight is 237 g/mol. The predicted molar refractivity (Wildman–Crippen MR) is 66.9 cm³/mol. The lowest BCUT2D eigenvalue weighted by molar-refractivity contribution is 0.425. The number of aryl methyl sites for hydroxylation is 1. The third-order valence-corrected chi connectivity index (χ3v) is 3.18. The molecule has 2 N–H and O–H groups in total. The van der Waals surface area contributed by atoms with Gasteiger partial charge in [-0.2, -0.15) is 0 Å².